The van der Waals surface area contributed by atoms with Crippen LogP contribution in [-0.2, 0) is 0 Å². The summed E-state index contributed by atoms with van der Waals surface area (Å²) < 4.78 is 8.55. The standard InChI is InChI=1S/C43H27NO2/c45-42-37-26-31(28-10-3-1-4-11-28)20-24-39(37)44(40-25-21-32(27-38(40)42)29-12-5-2-6-13-29)33-22-18-30(19-23-33)34-15-9-16-36-35-14-7-8-17-41(35)46-43(34)36/h1-27H. The Morgan fingerprint density at radius 1 is 0.413 bits per heavy atom. The molecule has 2 heterocycles. The summed E-state index contributed by atoms with van der Waals surface area (Å²) in [5.41, 5.74) is 10.9. The summed E-state index contributed by atoms with van der Waals surface area (Å²) >= 11 is 0. The maximum absolute atomic E-state index is 14.3. The number of aromatic nitrogens is 1. The number of benzene rings is 7. The lowest BCUT2D eigenvalue weighted by molar-refractivity contribution is 0.670. The van der Waals surface area contributed by atoms with Gasteiger partial charge in [0.2, 0.25) is 0 Å². The second-order valence-electron chi connectivity index (χ2n) is 11.7. The fourth-order valence-electron chi connectivity index (χ4n) is 6.76. The number of rotatable bonds is 4. The molecule has 46 heavy (non-hydrogen) atoms. The Bertz CT molecular complexity index is 2530. The molecule has 0 aliphatic rings. The minimum Gasteiger partial charge on any atom is -0.455 e. The molecule has 2 aromatic heterocycles. The number of fused-ring (bicyclic) bond motifs is 5. The highest BCUT2D eigenvalue weighted by Gasteiger charge is 2.16. The number of hydrogen-bond acceptors (Lipinski definition) is 2. The van der Waals surface area contributed by atoms with Crippen LogP contribution in [0.5, 0.6) is 0 Å². The Labute approximate surface area is 265 Å². The largest absolute Gasteiger partial charge is 0.455 e. The van der Waals surface area contributed by atoms with Crippen LogP contribution >= 0.6 is 0 Å². The van der Waals surface area contributed by atoms with Crippen molar-refractivity contribution in [2.24, 2.45) is 0 Å². The van der Waals surface area contributed by atoms with Crippen LogP contribution in [0.4, 0.5) is 0 Å². The van der Waals surface area contributed by atoms with Gasteiger partial charge in [0.15, 0.2) is 5.43 Å². The van der Waals surface area contributed by atoms with Crippen LogP contribution in [0.3, 0.4) is 0 Å². The lowest BCUT2D eigenvalue weighted by atomic mass is 9.98. The molecule has 0 unspecified atom stereocenters. The summed E-state index contributed by atoms with van der Waals surface area (Å²) in [4.78, 5) is 14.3. The van der Waals surface area contributed by atoms with Gasteiger partial charge in [0.1, 0.15) is 11.2 Å². The van der Waals surface area contributed by atoms with Crippen molar-refractivity contribution in [2.75, 3.05) is 0 Å². The maximum Gasteiger partial charge on any atom is 0.197 e. The predicted molar refractivity (Wildman–Crippen MR) is 191 cm³/mol. The third-order valence-electron chi connectivity index (χ3n) is 9.02. The first-order valence-corrected chi connectivity index (χ1v) is 15.5. The molecular weight excluding hydrogens is 562 g/mol. The zero-order chi connectivity index (χ0) is 30.6. The first kappa shape index (κ1) is 26.2. The van der Waals surface area contributed by atoms with Gasteiger partial charge in [0, 0.05) is 32.8 Å². The first-order chi connectivity index (χ1) is 22.7. The molecule has 3 nitrogen and oxygen atoms in total. The van der Waals surface area contributed by atoms with Crippen molar-refractivity contribution in [3.05, 3.63) is 174 Å². The summed E-state index contributed by atoms with van der Waals surface area (Å²) in [6.45, 7) is 0. The zero-order valence-corrected chi connectivity index (χ0v) is 24.9. The quantitative estimate of drug-likeness (QED) is 0.191. The van der Waals surface area contributed by atoms with E-state index in [4.69, 9.17) is 4.42 Å². The van der Waals surface area contributed by atoms with Gasteiger partial charge in [-0.1, -0.05) is 121 Å². The second-order valence-corrected chi connectivity index (χ2v) is 11.7. The van der Waals surface area contributed by atoms with Crippen LogP contribution in [0.2, 0.25) is 0 Å². The fourth-order valence-corrected chi connectivity index (χ4v) is 6.76. The Kier molecular flexibility index (Phi) is 5.97. The highest BCUT2D eigenvalue weighted by Crippen LogP contribution is 2.37. The third kappa shape index (κ3) is 4.17. The zero-order valence-electron chi connectivity index (χ0n) is 24.9. The lowest BCUT2D eigenvalue weighted by Crippen LogP contribution is -2.11. The Morgan fingerprint density at radius 2 is 0.957 bits per heavy atom. The Balaban J connectivity index is 1.26. The molecule has 0 aliphatic heterocycles. The highest BCUT2D eigenvalue weighted by atomic mass is 16.3. The van der Waals surface area contributed by atoms with E-state index in [-0.39, 0.29) is 5.43 Å². The Hall–Kier alpha value is -6.19. The average Bonchev–Trinajstić information content (AvgIpc) is 3.52. The van der Waals surface area contributed by atoms with Crippen LogP contribution in [-0.4, -0.2) is 4.57 Å². The Morgan fingerprint density at radius 3 is 1.59 bits per heavy atom. The second kappa shape index (κ2) is 10.5. The topological polar surface area (TPSA) is 35.1 Å². The molecule has 0 spiro atoms. The van der Waals surface area contributed by atoms with E-state index in [1.54, 1.807) is 0 Å². The molecule has 0 aliphatic carbocycles. The molecule has 9 rings (SSSR count). The van der Waals surface area contributed by atoms with E-state index in [0.717, 1.165) is 72.0 Å². The first-order valence-electron chi connectivity index (χ1n) is 15.5. The van der Waals surface area contributed by atoms with Crippen LogP contribution in [0.25, 0.3) is 82.8 Å². The fraction of sp³-hybridized carbons (Fsp3) is 0. The van der Waals surface area contributed by atoms with E-state index in [2.05, 4.69) is 102 Å². The van der Waals surface area contributed by atoms with E-state index in [9.17, 15) is 4.79 Å². The van der Waals surface area contributed by atoms with E-state index < -0.39 is 0 Å². The lowest BCUT2D eigenvalue weighted by Gasteiger charge is -2.17. The predicted octanol–water partition coefficient (Wildman–Crippen LogP) is 11.0. The molecule has 0 bridgehead atoms. The molecule has 216 valence electrons. The van der Waals surface area contributed by atoms with E-state index in [0.29, 0.717) is 10.8 Å². The van der Waals surface area contributed by atoms with Gasteiger partial charge in [-0.25, -0.2) is 0 Å². The van der Waals surface area contributed by atoms with Gasteiger partial charge in [-0.3, -0.25) is 4.79 Å². The molecule has 3 heteroatoms. The smallest absolute Gasteiger partial charge is 0.197 e. The molecule has 0 saturated carbocycles. The van der Waals surface area contributed by atoms with Gasteiger partial charge in [-0.15, -0.1) is 0 Å². The van der Waals surface area contributed by atoms with Gasteiger partial charge < -0.3 is 8.98 Å². The normalized spacial score (nSPS) is 11.6. The molecule has 0 N–H and O–H groups in total. The summed E-state index contributed by atoms with van der Waals surface area (Å²) in [6, 6.07) is 55.9. The number of nitrogens with zero attached hydrogens (tertiary/aromatic N) is 1. The van der Waals surface area contributed by atoms with Crippen molar-refractivity contribution < 1.29 is 4.42 Å². The minimum absolute atomic E-state index is 0.0324. The van der Waals surface area contributed by atoms with Crippen LogP contribution in [0.15, 0.2) is 173 Å². The van der Waals surface area contributed by atoms with Crippen LogP contribution < -0.4 is 5.43 Å². The maximum atomic E-state index is 14.3. The van der Waals surface area contributed by atoms with Gasteiger partial charge in [-0.2, -0.15) is 0 Å². The summed E-state index contributed by atoms with van der Waals surface area (Å²) in [7, 11) is 0. The van der Waals surface area contributed by atoms with Crippen molar-refractivity contribution in [3.8, 4) is 39.1 Å². The van der Waals surface area contributed by atoms with Crippen molar-refractivity contribution >= 4 is 43.7 Å². The highest BCUT2D eigenvalue weighted by molar-refractivity contribution is 6.09. The summed E-state index contributed by atoms with van der Waals surface area (Å²) in [5, 5.41) is 3.61. The number of pyridine rings is 1. The van der Waals surface area contributed by atoms with Crippen molar-refractivity contribution in [1.29, 1.82) is 0 Å². The molecule has 0 amide bonds. The van der Waals surface area contributed by atoms with E-state index in [1.165, 1.54) is 0 Å². The van der Waals surface area contributed by atoms with E-state index in [1.807, 2.05) is 66.7 Å². The van der Waals surface area contributed by atoms with Gasteiger partial charge in [-0.05, 0) is 70.3 Å². The van der Waals surface area contributed by atoms with Gasteiger partial charge >= 0.3 is 0 Å². The number of furan rings is 1. The average molecular weight is 590 g/mol. The molecule has 0 atom stereocenters. The van der Waals surface area contributed by atoms with Crippen LogP contribution in [0, 0.1) is 0 Å². The van der Waals surface area contributed by atoms with Crippen LogP contribution in [0.1, 0.15) is 0 Å². The minimum atomic E-state index is 0.0324. The van der Waals surface area contributed by atoms with Crippen molar-refractivity contribution in [1.82, 2.24) is 4.57 Å². The molecule has 0 fully saturated rings. The summed E-state index contributed by atoms with van der Waals surface area (Å²) in [6.07, 6.45) is 0. The SMILES string of the molecule is O=c1c2cc(-c3ccccc3)ccc2n(-c2ccc(-c3cccc4c3oc3ccccc34)cc2)c2ccc(-c3ccccc3)cc12. The molecule has 0 saturated heterocycles. The van der Waals surface area contributed by atoms with E-state index >= 15 is 0 Å². The van der Waals surface area contributed by atoms with Crippen molar-refractivity contribution in [3.63, 3.8) is 0 Å². The third-order valence-corrected chi connectivity index (χ3v) is 9.02. The van der Waals surface area contributed by atoms with Gasteiger partial charge in [0.25, 0.3) is 0 Å². The van der Waals surface area contributed by atoms with Crippen molar-refractivity contribution in [2.45, 2.75) is 0 Å². The summed E-state index contributed by atoms with van der Waals surface area (Å²) in [5.74, 6) is 0. The number of hydrogen-bond donors (Lipinski definition) is 0. The number of para-hydroxylation sites is 2. The van der Waals surface area contributed by atoms with Gasteiger partial charge in [0.05, 0.1) is 11.0 Å². The molecule has 9 aromatic rings. The molecule has 7 aromatic carbocycles. The molecular formula is C43H27NO2. The monoisotopic (exact) mass is 589 g/mol. The molecule has 0 radical (unpaired) electrons.